The van der Waals surface area contributed by atoms with Gasteiger partial charge in [0.25, 0.3) is 0 Å². The summed E-state index contributed by atoms with van der Waals surface area (Å²) >= 11 is 0. The minimum atomic E-state index is -0.309. The van der Waals surface area contributed by atoms with Gasteiger partial charge in [-0.15, -0.1) is 0 Å². The second-order valence-electron chi connectivity index (χ2n) is 4.95. The Morgan fingerprint density at radius 2 is 2.33 bits per heavy atom. The monoisotopic (exact) mass is 247 g/mol. The van der Waals surface area contributed by atoms with Crippen LogP contribution in [0, 0.1) is 0 Å². The third kappa shape index (κ3) is 2.06. The van der Waals surface area contributed by atoms with E-state index in [2.05, 4.69) is 10.3 Å². The minimum Gasteiger partial charge on any atom is -0.441 e. The molecule has 2 fully saturated rings. The predicted octanol–water partition coefficient (Wildman–Crippen LogP) is 1.55. The Morgan fingerprint density at radius 3 is 3.17 bits per heavy atom. The average Bonchev–Trinajstić information content (AvgIpc) is 2.58. The van der Waals surface area contributed by atoms with Crippen LogP contribution in [0.15, 0.2) is 24.5 Å². The SMILES string of the molecule is O=C1O[C@]2(CCCNCC2)CN1c1cccnc1. The molecule has 0 aliphatic carbocycles. The molecule has 1 amide bonds. The van der Waals surface area contributed by atoms with Gasteiger partial charge < -0.3 is 10.1 Å². The molecule has 1 aromatic heterocycles. The van der Waals surface area contributed by atoms with Crippen molar-refractivity contribution >= 4 is 11.8 Å². The lowest BCUT2D eigenvalue weighted by atomic mass is 9.95. The Balaban J connectivity index is 1.81. The van der Waals surface area contributed by atoms with Crippen molar-refractivity contribution < 1.29 is 9.53 Å². The van der Waals surface area contributed by atoms with Gasteiger partial charge in [0, 0.05) is 12.6 Å². The van der Waals surface area contributed by atoms with Crippen molar-refractivity contribution in [2.24, 2.45) is 0 Å². The smallest absolute Gasteiger partial charge is 0.415 e. The fourth-order valence-electron chi connectivity index (χ4n) is 2.70. The molecule has 5 nitrogen and oxygen atoms in total. The molecule has 0 aromatic carbocycles. The Hall–Kier alpha value is -1.62. The number of nitrogens with one attached hydrogen (secondary N) is 1. The van der Waals surface area contributed by atoms with Crippen molar-refractivity contribution in [3.8, 4) is 0 Å². The van der Waals surface area contributed by atoms with Crippen LogP contribution in [0.3, 0.4) is 0 Å². The van der Waals surface area contributed by atoms with Gasteiger partial charge >= 0.3 is 6.09 Å². The largest absolute Gasteiger partial charge is 0.441 e. The molecule has 1 N–H and O–H groups in total. The van der Waals surface area contributed by atoms with Gasteiger partial charge in [-0.05, 0) is 38.1 Å². The van der Waals surface area contributed by atoms with E-state index in [1.807, 2.05) is 12.1 Å². The maximum absolute atomic E-state index is 12.0. The molecule has 3 rings (SSSR count). The Labute approximate surface area is 106 Å². The van der Waals surface area contributed by atoms with E-state index < -0.39 is 0 Å². The van der Waals surface area contributed by atoms with E-state index in [0.717, 1.165) is 38.0 Å². The highest BCUT2D eigenvalue weighted by Gasteiger charge is 2.45. The Kier molecular flexibility index (Phi) is 2.91. The summed E-state index contributed by atoms with van der Waals surface area (Å²) in [6, 6.07) is 3.73. The molecule has 2 aliphatic rings. The summed E-state index contributed by atoms with van der Waals surface area (Å²) in [5.74, 6) is 0. The second-order valence-corrected chi connectivity index (χ2v) is 4.95. The molecule has 0 unspecified atom stereocenters. The van der Waals surface area contributed by atoms with Gasteiger partial charge in [-0.3, -0.25) is 9.88 Å². The van der Waals surface area contributed by atoms with Crippen LogP contribution < -0.4 is 10.2 Å². The van der Waals surface area contributed by atoms with Crippen molar-refractivity contribution in [3.05, 3.63) is 24.5 Å². The van der Waals surface area contributed by atoms with Crippen LogP contribution in [-0.4, -0.2) is 36.3 Å². The number of amides is 1. The number of anilines is 1. The van der Waals surface area contributed by atoms with Crippen LogP contribution in [-0.2, 0) is 4.74 Å². The van der Waals surface area contributed by atoms with E-state index in [9.17, 15) is 4.79 Å². The van der Waals surface area contributed by atoms with Crippen molar-refractivity contribution in [1.29, 1.82) is 0 Å². The molecule has 2 saturated heterocycles. The lowest BCUT2D eigenvalue weighted by molar-refractivity contribution is 0.0470. The zero-order valence-corrected chi connectivity index (χ0v) is 10.3. The van der Waals surface area contributed by atoms with Crippen LogP contribution >= 0.6 is 0 Å². The van der Waals surface area contributed by atoms with Crippen molar-refractivity contribution in [3.63, 3.8) is 0 Å². The molecule has 1 atom stereocenters. The van der Waals surface area contributed by atoms with Crippen LogP contribution in [0.5, 0.6) is 0 Å². The number of ether oxygens (including phenoxy) is 1. The highest BCUT2D eigenvalue weighted by molar-refractivity contribution is 5.90. The Bertz CT molecular complexity index is 427. The van der Waals surface area contributed by atoms with E-state index in [1.165, 1.54) is 0 Å². The number of pyridine rings is 1. The standard InChI is InChI=1S/C13H17N3O2/c17-12-16(11-3-1-6-15-9-11)10-13(18-12)4-2-7-14-8-5-13/h1,3,6,9,14H,2,4-5,7-8,10H2/t13-/m0/s1. The summed E-state index contributed by atoms with van der Waals surface area (Å²) in [6.45, 7) is 2.56. The quantitative estimate of drug-likeness (QED) is 0.818. The zero-order chi connectivity index (χ0) is 12.4. The first-order valence-corrected chi connectivity index (χ1v) is 6.40. The average molecular weight is 247 g/mol. The fourth-order valence-corrected chi connectivity index (χ4v) is 2.70. The lowest BCUT2D eigenvalue weighted by Crippen LogP contribution is -2.35. The van der Waals surface area contributed by atoms with Gasteiger partial charge in [0.15, 0.2) is 0 Å². The number of carbonyl (C=O) groups is 1. The van der Waals surface area contributed by atoms with E-state index in [0.29, 0.717) is 6.54 Å². The molecule has 0 bridgehead atoms. The van der Waals surface area contributed by atoms with Crippen molar-refractivity contribution in [2.45, 2.75) is 24.9 Å². The normalized spacial score (nSPS) is 28.2. The number of aromatic nitrogens is 1. The van der Waals surface area contributed by atoms with Gasteiger partial charge in [0.05, 0.1) is 18.4 Å². The predicted molar refractivity (Wildman–Crippen MR) is 67.5 cm³/mol. The first kappa shape index (κ1) is 11.5. The van der Waals surface area contributed by atoms with Gasteiger partial charge in [-0.25, -0.2) is 4.79 Å². The minimum absolute atomic E-state index is 0.245. The molecular weight excluding hydrogens is 230 g/mol. The highest BCUT2D eigenvalue weighted by atomic mass is 16.6. The third-order valence-corrected chi connectivity index (χ3v) is 3.67. The van der Waals surface area contributed by atoms with Crippen molar-refractivity contribution in [1.82, 2.24) is 10.3 Å². The van der Waals surface area contributed by atoms with Crippen molar-refractivity contribution in [2.75, 3.05) is 24.5 Å². The van der Waals surface area contributed by atoms with Crippen LogP contribution in [0.1, 0.15) is 19.3 Å². The summed E-state index contributed by atoms with van der Waals surface area (Å²) in [5.41, 5.74) is 0.507. The van der Waals surface area contributed by atoms with E-state index in [1.54, 1.807) is 17.3 Å². The van der Waals surface area contributed by atoms with E-state index >= 15 is 0 Å². The molecule has 1 spiro atoms. The molecule has 1 aromatic rings. The summed E-state index contributed by atoms with van der Waals surface area (Å²) in [4.78, 5) is 17.8. The first-order chi connectivity index (χ1) is 8.79. The van der Waals surface area contributed by atoms with Gasteiger partial charge in [-0.2, -0.15) is 0 Å². The molecule has 5 heteroatoms. The maximum Gasteiger partial charge on any atom is 0.415 e. The summed E-state index contributed by atoms with van der Waals surface area (Å²) in [5, 5.41) is 3.35. The summed E-state index contributed by atoms with van der Waals surface area (Å²) in [6.07, 6.45) is 6.03. The van der Waals surface area contributed by atoms with Gasteiger partial charge in [-0.1, -0.05) is 0 Å². The first-order valence-electron chi connectivity index (χ1n) is 6.40. The molecule has 2 aliphatic heterocycles. The van der Waals surface area contributed by atoms with Gasteiger partial charge in [0.1, 0.15) is 5.60 Å². The van der Waals surface area contributed by atoms with Gasteiger partial charge in [0.2, 0.25) is 0 Å². The molecular formula is C13H17N3O2. The number of carbonyl (C=O) groups excluding carboxylic acids is 1. The lowest BCUT2D eigenvalue weighted by Gasteiger charge is -2.24. The van der Waals surface area contributed by atoms with E-state index in [4.69, 9.17) is 4.74 Å². The number of hydrogen-bond donors (Lipinski definition) is 1. The van der Waals surface area contributed by atoms with Crippen LogP contribution in [0.4, 0.5) is 10.5 Å². The number of nitrogens with zero attached hydrogens (tertiary/aromatic N) is 2. The molecule has 96 valence electrons. The molecule has 18 heavy (non-hydrogen) atoms. The number of rotatable bonds is 1. The summed E-state index contributed by atoms with van der Waals surface area (Å²) in [7, 11) is 0. The molecule has 0 radical (unpaired) electrons. The highest BCUT2D eigenvalue weighted by Crippen LogP contribution is 2.34. The number of hydrogen-bond acceptors (Lipinski definition) is 4. The second kappa shape index (κ2) is 4.57. The maximum atomic E-state index is 12.0. The topological polar surface area (TPSA) is 54.5 Å². The van der Waals surface area contributed by atoms with Crippen LogP contribution in [0.2, 0.25) is 0 Å². The van der Waals surface area contributed by atoms with Crippen LogP contribution in [0.25, 0.3) is 0 Å². The molecule has 0 saturated carbocycles. The van der Waals surface area contributed by atoms with E-state index in [-0.39, 0.29) is 11.7 Å². The third-order valence-electron chi connectivity index (χ3n) is 3.67. The summed E-state index contributed by atoms with van der Waals surface area (Å²) < 4.78 is 5.66. The zero-order valence-electron chi connectivity index (χ0n) is 10.3. The molecule has 3 heterocycles. The Morgan fingerprint density at radius 1 is 1.39 bits per heavy atom. The fraction of sp³-hybridized carbons (Fsp3) is 0.538.